The highest BCUT2D eigenvalue weighted by atomic mass is 35.5. The maximum Gasteiger partial charge on any atom is 0.317 e. The highest BCUT2D eigenvalue weighted by molar-refractivity contribution is 7.91. The van der Waals surface area contributed by atoms with Gasteiger partial charge in [0.25, 0.3) is 0 Å². The van der Waals surface area contributed by atoms with E-state index in [-0.39, 0.29) is 29.0 Å². The van der Waals surface area contributed by atoms with E-state index in [4.69, 9.17) is 11.6 Å². The lowest BCUT2D eigenvalue weighted by Crippen LogP contribution is -2.49. The number of amides is 2. The average molecular weight is 373 g/mol. The van der Waals surface area contributed by atoms with Crippen molar-refractivity contribution in [2.24, 2.45) is 0 Å². The van der Waals surface area contributed by atoms with E-state index in [9.17, 15) is 13.2 Å². The van der Waals surface area contributed by atoms with Crippen molar-refractivity contribution >= 4 is 27.5 Å². The molecule has 1 unspecified atom stereocenters. The molecular formula is C17H25ClN2O3S. The van der Waals surface area contributed by atoms with Crippen LogP contribution in [0.5, 0.6) is 0 Å². The van der Waals surface area contributed by atoms with Crippen molar-refractivity contribution in [3.63, 3.8) is 0 Å². The number of sulfone groups is 1. The highest BCUT2D eigenvalue weighted by Gasteiger charge is 2.34. The van der Waals surface area contributed by atoms with Crippen molar-refractivity contribution in [3.05, 3.63) is 34.9 Å². The number of rotatable bonds is 5. The van der Waals surface area contributed by atoms with E-state index in [0.717, 1.165) is 5.56 Å². The number of carbonyl (C=O) groups is 1. The average Bonchev–Trinajstić information content (AvgIpc) is 2.86. The molecule has 1 aromatic carbocycles. The molecular weight excluding hydrogens is 348 g/mol. The molecule has 1 aromatic rings. The topological polar surface area (TPSA) is 66.5 Å². The number of carbonyl (C=O) groups excluding carboxylic acids is 1. The summed E-state index contributed by atoms with van der Waals surface area (Å²) in [7, 11) is -3.01. The second kappa shape index (κ2) is 7.31. The van der Waals surface area contributed by atoms with Crippen molar-refractivity contribution < 1.29 is 13.2 Å². The molecule has 0 aromatic heterocycles. The fourth-order valence-corrected chi connectivity index (χ4v) is 4.85. The minimum Gasteiger partial charge on any atom is -0.337 e. The Bertz CT molecular complexity index is 686. The van der Waals surface area contributed by atoms with Gasteiger partial charge in [-0.2, -0.15) is 0 Å². The number of urea groups is 1. The molecule has 0 radical (unpaired) electrons. The fourth-order valence-electron chi connectivity index (χ4n) is 2.99. The van der Waals surface area contributed by atoms with Crippen molar-refractivity contribution in [1.29, 1.82) is 0 Å². The van der Waals surface area contributed by atoms with Crippen LogP contribution in [0.4, 0.5) is 4.79 Å². The largest absolute Gasteiger partial charge is 0.337 e. The number of nitrogens with one attached hydrogen (secondary N) is 1. The number of halogens is 1. The van der Waals surface area contributed by atoms with Crippen LogP contribution in [0.1, 0.15) is 32.8 Å². The molecule has 0 aliphatic carbocycles. The first-order valence-electron chi connectivity index (χ1n) is 8.15. The Balaban J connectivity index is 1.99. The van der Waals surface area contributed by atoms with Gasteiger partial charge in [-0.3, -0.25) is 0 Å². The Morgan fingerprint density at radius 2 is 1.96 bits per heavy atom. The second-order valence-corrected chi connectivity index (χ2v) is 9.56. The molecule has 7 heteroatoms. The van der Waals surface area contributed by atoms with Crippen molar-refractivity contribution in [3.8, 4) is 0 Å². The molecule has 1 aliphatic rings. The Morgan fingerprint density at radius 1 is 1.33 bits per heavy atom. The van der Waals surface area contributed by atoms with E-state index in [1.807, 2.05) is 45.0 Å². The zero-order chi connectivity index (χ0) is 18.0. The van der Waals surface area contributed by atoms with Crippen LogP contribution in [0, 0.1) is 0 Å². The molecule has 134 valence electrons. The Hall–Kier alpha value is -1.27. The Kier molecular flexibility index (Phi) is 5.81. The van der Waals surface area contributed by atoms with E-state index < -0.39 is 9.84 Å². The van der Waals surface area contributed by atoms with Gasteiger partial charge in [0.05, 0.1) is 11.5 Å². The lowest BCUT2D eigenvalue weighted by Gasteiger charge is -2.30. The van der Waals surface area contributed by atoms with Gasteiger partial charge in [0.1, 0.15) is 0 Å². The van der Waals surface area contributed by atoms with E-state index in [1.54, 1.807) is 4.90 Å². The van der Waals surface area contributed by atoms with Gasteiger partial charge in [0.15, 0.2) is 9.84 Å². The Morgan fingerprint density at radius 3 is 2.46 bits per heavy atom. The summed E-state index contributed by atoms with van der Waals surface area (Å²) in [5.41, 5.74) is 0.834. The van der Waals surface area contributed by atoms with Crippen LogP contribution in [0.15, 0.2) is 24.3 Å². The fraction of sp³-hybridized carbons (Fsp3) is 0.588. The van der Waals surface area contributed by atoms with Crippen LogP contribution < -0.4 is 5.32 Å². The number of nitrogens with zero attached hydrogens (tertiary/aromatic N) is 1. The minimum atomic E-state index is -3.01. The van der Waals surface area contributed by atoms with E-state index >= 15 is 0 Å². The van der Waals surface area contributed by atoms with Gasteiger partial charge in [0, 0.05) is 29.6 Å². The van der Waals surface area contributed by atoms with Crippen LogP contribution in [-0.2, 0) is 15.3 Å². The van der Waals surface area contributed by atoms with E-state index in [0.29, 0.717) is 24.5 Å². The summed E-state index contributed by atoms with van der Waals surface area (Å²) in [6.07, 6.45) is 0.518. The molecule has 1 atom stereocenters. The first kappa shape index (κ1) is 19.1. The lowest BCUT2D eigenvalue weighted by molar-refractivity contribution is 0.181. The SMILES string of the molecule is CCN(C(=O)NCC(C)(C)c1ccc(Cl)cc1)C1CCS(=O)(=O)C1. The summed E-state index contributed by atoms with van der Waals surface area (Å²) in [4.78, 5) is 14.1. The summed E-state index contributed by atoms with van der Waals surface area (Å²) < 4.78 is 23.3. The second-order valence-electron chi connectivity index (χ2n) is 6.89. The molecule has 1 heterocycles. The summed E-state index contributed by atoms with van der Waals surface area (Å²) in [6, 6.07) is 7.15. The van der Waals surface area contributed by atoms with E-state index in [1.165, 1.54) is 0 Å². The smallest absolute Gasteiger partial charge is 0.317 e. The molecule has 2 amide bonds. The first-order chi connectivity index (χ1) is 11.1. The maximum atomic E-state index is 12.5. The first-order valence-corrected chi connectivity index (χ1v) is 10.4. The van der Waals surface area contributed by atoms with Gasteiger partial charge in [0.2, 0.25) is 0 Å². The normalized spacial score (nSPS) is 19.9. The predicted molar refractivity (Wildman–Crippen MR) is 97.3 cm³/mol. The van der Waals surface area contributed by atoms with Crippen LogP contribution in [-0.4, -0.2) is 50.0 Å². The third-order valence-electron chi connectivity index (χ3n) is 4.56. The molecule has 5 nitrogen and oxygen atoms in total. The van der Waals surface area contributed by atoms with Crippen LogP contribution in [0.2, 0.25) is 5.02 Å². The van der Waals surface area contributed by atoms with Crippen LogP contribution in [0.25, 0.3) is 0 Å². The van der Waals surface area contributed by atoms with Gasteiger partial charge < -0.3 is 10.2 Å². The zero-order valence-corrected chi connectivity index (χ0v) is 16.0. The predicted octanol–water partition coefficient (Wildman–Crippen LogP) is 2.84. The molecule has 0 bridgehead atoms. The summed E-state index contributed by atoms with van der Waals surface area (Å²) in [6.45, 7) is 6.92. The van der Waals surface area contributed by atoms with Gasteiger partial charge in [-0.1, -0.05) is 37.6 Å². The van der Waals surface area contributed by atoms with Crippen LogP contribution >= 0.6 is 11.6 Å². The monoisotopic (exact) mass is 372 g/mol. The quantitative estimate of drug-likeness (QED) is 0.864. The third kappa shape index (κ3) is 4.63. The summed E-state index contributed by atoms with van der Waals surface area (Å²) >= 11 is 5.92. The number of hydrogen-bond donors (Lipinski definition) is 1. The molecule has 0 saturated carbocycles. The lowest BCUT2D eigenvalue weighted by atomic mass is 9.85. The number of hydrogen-bond acceptors (Lipinski definition) is 3. The molecule has 0 spiro atoms. The van der Waals surface area contributed by atoms with Gasteiger partial charge in [-0.15, -0.1) is 0 Å². The Labute approximate surface area is 149 Å². The standard InChI is InChI=1S/C17H25ClN2O3S/c1-4-20(15-9-10-24(22,23)11-15)16(21)19-12-17(2,3)13-5-7-14(18)8-6-13/h5-8,15H,4,9-12H2,1-3H3,(H,19,21). The summed E-state index contributed by atoms with van der Waals surface area (Å²) in [5.74, 6) is 0.229. The molecule has 24 heavy (non-hydrogen) atoms. The summed E-state index contributed by atoms with van der Waals surface area (Å²) in [5, 5.41) is 3.63. The molecule has 1 aliphatic heterocycles. The van der Waals surface area contributed by atoms with Gasteiger partial charge in [-0.25, -0.2) is 13.2 Å². The molecule has 1 N–H and O–H groups in total. The van der Waals surface area contributed by atoms with Crippen molar-refractivity contribution in [1.82, 2.24) is 10.2 Å². The molecule has 2 rings (SSSR count). The van der Waals surface area contributed by atoms with E-state index in [2.05, 4.69) is 5.32 Å². The zero-order valence-electron chi connectivity index (χ0n) is 14.4. The van der Waals surface area contributed by atoms with Crippen LogP contribution in [0.3, 0.4) is 0 Å². The number of benzene rings is 1. The van der Waals surface area contributed by atoms with Crippen molar-refractivity contribution in [2.75, 3.05) is 24.6 Å². The highest BCUT2D eigenvalue weighted by Crippen LogP contribution is 2.24. The minimum absolute atomic E-state index is 0.0643. The maximum absolute atomic E-state index is 12.5. The van der Waals surface area contributed by atoms with Gasteiger partial charge >= 0.3 is 6.03 Å². The third-order valence-corrected chi connectivity index (χ3v) is 6.56. The van der Waals surface area contributed by atoms with Gasteiger partial charge in [-0.05, 0) is 31.0 Å². The molecule has 1 fully saturated rings. The molecule has 1 saturated heterocycles. The van der Waals surface area contributed by atoms with Crippen molar-refractivity contribution in [2.45, 2.75) is 38.6 Å².